The fraction of sp³-hybridized carbons (Fsp3) is 0.385. The molecule has 3 N–H and O–H groups in total. The Balaban J connectivity index is 2.42. The molecule has 0 aliphatic carbocycles. The van der Waals surface area contributed by atoms with E-state index in [1.165, 1.54) is 12.6 Å². The standard InChI is InChI=1S/C13H18N2O3/c1-15-12(16)11(18-13(14)17)9-5-8-10-6-3-2-4-7-10/h2-4,6-7,11H,5,8-9H2,1H3,(H2,14,17)(H,15,16)/t11-/m0/s1. The van der Waals surface area contributed by atoms with Gasteiger partial charge in [0.1, 0.15) is 0 Å². The van der Waals surface area contributed by atoms with Gasteiger partial charge in [-0.1, -0.05) is 30.3 Å². The smallest absolute Gasteiger partial charge is 0.405 e. The second kappa shape index (κ2) is 7.32. The summed E-state index contributed by atoms with van der Waals surface area (Å²) in [5, 5.41) is 2.45. The number of benzene rings is 1. The molecule has 0 heterocycles. The lowest BCUT2D eigenvalue weighted by molar-refractivity contribution is -0.129. The first kappa shape index (κ1) is 14.0. The molecule has 0 saturated heterocycles. The van der Waals surface area contributed by atoms with Gasteiger partial charge < -0.3 is 15.8 Å². The summed E-state index contributed by atoms with van der Waals surface area (Å²) in [6.07, 6.45) is 0.295. The number of amides is 2. The van der Waals surface area contributed by atoms with Crippen LogP contribution in [0, 0.1) is 0 Å². The molecule has 1 rings (SSSR count). The number of aryl methyl sites for hydroxylation is 1. The SMILES string of the molecule is CNC(=O)[C@H](CCCc1ccccc1)OC(N)=O. The van der Waals surface area contributed by atoms with Crippen LogP contribution < -0.4 is 11.1 Å². The third-order valence-electron chi connectivity index (χ3n) is 2.57. The maximum Gasteiger partial charge on any atom is 0.405 e. The van der Waals surface area contributed by atoms with Crippen molar-refractivity contribution in [3.05, 3.63) is 35.9 Å². The molecule has 0 saturated carbocycles. The van der Waals surface area contributed by atoms with Crippen molar-refractivity contribution in [2.45, 2.75) is 25.4 Å². The average molecular weight is 250 g/mol. The minimum absolute atomic E-state index is 0.332. The third-order valence-corrected chi connectivity index (χ3v) is 2.57. The molecule has 18 heavy (non-hydrogen) atoms. The number of nitrogens with two attached hydrogens (primary N) is 1. The maximum absolute atomic E-state index is 11.4. The number of primary amides is 1. The first-order valence-electron chi connectivity index (χ1n) is 5.85. The Morgan fingerprint density at radius 2 is 2.00 bits per heavy atom. The maximum atomic E-state index is 11.4. The van der Waals surface area contributed by atoms with Gasteiger partial charge in [-0.05, 0) is 24.8 Å². The second-order valence-corrected chi connectivity index (χ2v) is 3.92. The van der Waals surface area contributed by atoms with Crippen LogP contribution in [0.5, 0.6) is 0 Å². The molecule has 1 aromatic rings. The van der Waals surface area contributed by atoms with E-state index in [1.807, 2.05) is 30.3 Å². The Kier molecular flexibility index (Phi) is 5.70. The molecule has 5 heteroatoms. The lowest BCUT2D eigenvalue weighted by Gasteiger charge is -2.14. The highest BCUT2D eigenvalue weighted by Crippen LogP contribution is 2.09. The molecule has 1 aromatic carbocycles. The summed E-state index contributed by atoms with van der Waals surface area (Å²) in [5.74, 6) is -0.332. The highest BCUT2D eigenvalue weighted by molar-refractivity contribution is 5.82. The third kappa shape index (κ3) is 4.86. The van der Waals surface area contributed by atoms with Gasteiger partial charge in [-0.2, -0.15) is 0 Å². The van der Waals surface area contributed by atoms with Gasteiger partial charge in [0.2, 0.25) is 0 Å². The minimum Gasteiger partial charge on any atom is -0.436 e. The van der Waals surface area contributed by atoms with Crippen LogP contribution in [0.3, 0.4) is 0 Å². The van der Waals surface area contributed by atoms with Crippen molar-refractivity contribution in [1.82, 2.24) is 5.32 Å². The van der Waals surface area contributed by atoms with E-state index in [0.717, 1.165) is 12.8 Å². The molecule has 98 valence electrons. The number of rotatable bonds is 6. The highest BCUT2D eigenvalue weighted by Gasteiger charge is 2.19. The van der Waals surface area contributed by atoms with Crippen LogP contribution in [0.2, 0.25) is 0 Å². The molecule has 0 aromatic heterocycles. The fourth-order valence-electron chi connectivity index (χ4n) is 1.68. The van der Waals surface area contributed by atoms with E-state index in [-0.39, 0.29) is 5.91 Å². The van der Waals surface area contributed by atoms with E-state index in [2.05, 4.69) is 5.32 Å². The Hall–Kier alpha value is -2.04. The second-order valence-electron chi connectivity index (χ2n) is 3.92. The van der Waals surface area contributed by atoms with Gasteiger partial charge in [0.25, 0.3) is 5.91 Å². The van der Waals surface area contributed by atoms with Crippen molar-refractivity contribution >= 4 is 12.0 Å². The predicted octanol–water partition coefficient (Wildman–Crippen LogP) is 1.22. The van der Waals surface area contributed by atoms with Crippen molar-refractivity contribution < 1.29 is 14.3 Å². The lowest BCUT2D eigenvalue weighted by atomic mass is 10.1. The van der Waals surface area contributed by atoms with Crippen molar-refractivity contribution in [1.29, 1.82) is 0 Å². The molecule has 1 atom stereocenters. The normalized spacial score (nSPS) is 11.6. The molecule has 0 radical (unpaired) electrons. The molecule has 5 nitrogen and oxygen atoms in total. The van der Waals surface area contributed by atoms with E-state index >= 15 is 0 Å². The van der Waals surface area contributed by atoms with Crippen LogP contribution in [-0.2, 0) is 16.0 Å². The summed E-state index contributed by atoms with van der Waals surface area (Å²) in [7, 11) is 1.50. The minimum atomic E-state index is -0.927. The van der Waals surface area contributed by atoms with E-state index in [9.17, 15) is 9.59 Å². The Morgan fingerprint density at radius 1 is 1.33 bits per heavy atom. The van der Waals surface area contributed by atoms with Gasteiger partial charge in [-0.3, -0.25) is 4.79 Å². The zero-order valence-electron chi connectivity index (χ0n) is 10.4. The molecule has 0 aliphatic rings. The summed E-state index contributed by atoms with van der Waals surface area (Å²) < 4.78 is 4.77. The van der Waals surface area contributed by atoms with Crippen LogP contribution in [0.4, 0.5) is 4.79 Å². The van der Waals surface area contributed by atoms with E-state index < -0.39 is 12.2 Å². The Bertz CT molecular complexity index is 392. The molecular weight excluding hydrogens is 232 g/mol. The summed E-state index contributed by atoms with van der Waals surface area (Å²) in [4.78, 5) is 22.1. The number of hydrogen-bond acceptors (Lipinski definition) is 3. The number of ether oxygens (including phenoxy) is 1. The Labute approximate surface area is 106 Å². The van der Waals surface area contributed by atoms with Crippen molar-refractivity contribution in [2.24, 2.45) is 5.73 Å². The highest BCUT2D eigenvalue weighted by atomic mass is 16.6. The van der Waals surface area contributed by atoms with E-state index in [1.54, 1.807) is 0 Å². The first-order chi connectivity index (χ1) is 8.63. The number of hydrogen-bond donors (Lipinski definition) is 2. The zero-order valence-corrected chi connectivity index (χ0v) is 10.4. The quantitative estimate of drug-likeness (QED) is 0.796. The molecule has 0 unspecified atom stereocenters. The summed E-state index contributed by atoms with van der Waals surface area (Å²) in [5.41, 5.74) is 6.11. The van der Waals surface area contributed by atoms with Crippen molar-refractivity contribution in [3.63, 3.8) is 0 Å². The fourth-order valence-corrected chi connectivity index (χ4v) is 1.68. The van der Waals surface area contributed by atoms with Crippen LogP contribution in [0.15, 0.2) is 30.3 Å². The monoisotopic (exact) mass is 250 g/mol. The molecule has 0 aliphatic heterocycles. The summed E-state index contributed by atoms with van der Waals surface area (Å²) in [6, 6.07) is 9.91. The number of nitrogens with one attached hydrogen (secondary N) is 1. The molecular formula is C13H18N2O3. The largest absolute Gasteiger partial charge is 0.436 e. The van der Waals surface area contributed by atoms with Crippen LogP contribution in [-0.4, -0.2) is 25.2 Å². The van der Waals surface area contributed by atoms with Gasteiger partial charge in [0.05, 0.1) is 0 Å². The summed E-state index contributed by atoms with van der Waals surface area (Å²) >= 11 is 0. The van der Waals surface area contributed by atoms with Gasteiger partial charge in [-0.25, -0.2) is 4.79 Å². The molecule has 0 bridgehead atoms. The topological polar surface area (TPSA) is 81.4 Å². The lowest BCUT2D eigenvalue weighted by Crippen LogP contribution is -2.37. The van der Waals surface area contributed by atoms with Crippen molar-refractivity contribution in [2.75, 3.05) is 7.05 Å². The molecule has 0 spiro atoms. The summed E-state index contributed by atoms with van der Waals surface area (Å²) in [6.45, 7) is 0. The average Bonchev–Trinajstić information content (AvgIpc) is 2.37. The number of likely N-dealkylation sites (N-methyl/N-ethyl adjacent to an activating group) is 1. The molecule has 0 fully saturated rings. The first-order valence-corrected chi connectivity index (χ1v) is 5.85. The van der Waals surface area contributed by atoms with Gasteiger partial charge in [-0.15, -0.1) is 0 Å². The van der Waals surface area contributed by atoms with Crippen LogP contribution in [0.25, 0.3) is 0 Å². The number of carbonyl (C=O) groups excluding carboxylic acids is 2. The van der Waals surface area contributed by atoms with Crippen molar-refractivity contribution in [3.8, 4) is 0 Å². The Morgan fingerprint density at radius 3 is 2.56 bits per heavy atom. The predicted molar refractivity (Wildman–Crippen MR) is 67.9 cm³/mol. The van der Waals surface area contributed by atoms with Crippen LogP contribution in [0.1, 0.15) is 18.4 Å². The molecule has 2 amide bonds. The van der Waals surface area contributed by atoms with E-state index in [0.29, 0.717) is 6.42 Å². The van der Waals surface area contributed by atoms with Crippen LogP contribution >= 0.6 is 0 Å². The van der Waals surface area contributed by atoms with Gasteiger partial charge in [0, 0.05) is 7.05 Å². The zero-order chi connectivity index (χ0) is 13.4. The van der Waals surface area contributed by atoms with Gasteiger partial charge in [0.15, 0.2) is 6.10 Å². The van der Waals surface area contributed by atoms with Gasteiger partial charge >= 0.3 is 6.09 Å². The number of carbonyl (C=O) groups is 2. The van der Waals surface area contributed by atoms with E-state index in [4.69, 9.17) is 10.5 Å².